The van der Waals surface area contributed by atoms with Crippen molar-refractivity contribution >= 4 is 5.91 Å². The summed E-state index contributed by atoms with van der Waals surface area (Å²) in [6, 6.07) is 0. The standard InChI is InChI=1S/C12H23N3O/c1-2-3-8-15-9-4-5-11(10-15)12(16)14-7-6-13/h2-3,11H,4-10,13H2,1H3,(H,14,16). The quantitative estimate of drug-likeness (QED) is 0.664. The Morgan fingerprint density at radius 3 is 3.12 bits per heavy atom. The van der Waals surface area contributed by atoms with Gasteiger partial charge in [-0.1, -0.05) is 12.2 Å². The summed E-state index contributed by atoms with van der Waals surface area (Å²) in [6.45, 7) is 6.06. The number of nitrogens with two attached hydrogens (primary N) is 1. The minimum Gasteiger partial charge on any atom is -0.355 e. The molecule has 1 heterocycles. The lowest BCUT2D eigenvalue weighted by atomic mass is 9.97. The van der Waals surface area contributed by atoms with E-state index in [-0.39, 0.29) is 11.8 Å². The lowest BCUT2D eigenvalue weighted by molar-refractivity contribution is -0.126. The fourth-order valence-electron chi connectivity index (χ4n) is 2.03. The summed E-state index contributed by atoms with van der Waals surface area (Å²) in [6.07, 6.45) is 6.30. The van der Waals surface area contributed by atoms with E-state index in [0.29, 0.717) is 13.1 Å². The van der Waals surface area contributed by atoms with Crippen molar-refractivity contribution in [2.75, 3.05) is 32.7 Å². The third kappa shape index (κ3) is 4.33. The van der Waals surface area contributed by atoms with Crippen LogP contribution in [0, 0.1) is 5.92 Å². The van der Waals surface area contributed by atoms with Crippen molar-refractivity contribution in [1.29, 1.82) is 0 Å². The van der Waals surface area contributed by atoms with Crippen molar-refractivity contribution in [2.24, 2.45) is 11.7 Å². The number of likely N-dealkylation sites (tertiary alicyclic amines) is 1. The molecule has 0 bridgehead atoms. The average molecular weight is 225 g/mol. The second kappa shape index (κ2) is 7.41. The smallest absolute Gasteiger partial charge is 0.224 e. The number of amides is 1. The molecule has 0 aromatic carbocycles. The van der Waals surface area contributed by atoms with E-state index in [4.69, 9.17) is 5.73 Å². The molecule has 1 saturated heterocycles. The molecular weight excluding hydrogens is 202 g/mol. The van der Waals surface area contributed by atoms with Gasteiger partial charge in [-0.05, 0) is 26.3 Å². The highest BCUT2D eigenvalue weighted by molar-refractivity contribution is 5.78. The lowest BCUT2D eigenvalue weighted by Gasteiger charge is -2.31. The van der Waals surface area contributed by atoms with E-state index >= 15 is 0 Å². The molecule has 0 saturated carbocycles. The van der Waals surface area contributed by atoms with Crippen LogP contribution in [-0.4, -0.2) is 43.5 Å². The Balaban J connectivity index is 2.34. The molecule has 0 aliphatic carbocycles. The molecule has 0 aromatic rings. The van der Waals surface area contributed by atoms with Crippen LogP contribution in [-0.2, 0) is 4.79 Å². The summed E-state index contributed by atoms with van der Waals surface area (Å²) in [4.78, 5) is 14.1. The second-order valence-corrected chi connectivity index (χ2v) is 4.25. The van der Waals surface area contributed by atoms with Crippen molar-refractivity contribution < 1.29 is 4.79 Å². The highest BCUT2D eigenvalue weighted by Gasteiger charge is 2.24. The first-order valence-electron chi connectivity index (χ1n) is 6.09. The zero-order valence-corrected chi connectivity index (χ0v) is 10.1. The Morgan fingerprint density at radius 1 is 1.62 bits per heavy atom. The normalized spacial score (nSPS) is 22.5. The van der Waals surface area contributed by atoms with Gasteiger partial charge in [0.25, 0.3) is 0 Å². The lowest BCUT2D eigenvalue weighted by Crippen LogP contribution is -2.44. The van der Waals surface area contributed by atoms with Crippen LogP contribution in [0.4, 0.5) is 0 Å². The fraction of sp³-hybridized carbons (Fsp3) is 0.750. The van der Waals surface area contributed by atoms with Gasteiger partial charge in [-0.3, -0.25) is 9.69 Å². The number of hydrogen-bond acceptors (Lipinski definition) is 3. The monoisotopic (exact) mass is 225 g/mol. The van der Waals surface area contributed by atoms with Gasteiger partial charge in [0.15, 0.2) is 0 Å². The van der Waals surface area contributed by atoms with Crippen molar-refractivity contribution in [3.05, 3.63) is 12.2 Å². The van der Waals surface area contributed by atoms with Crippen LogP contribution >= 0.6 is 0 Å². The van der Waals surface area contributed by atoms with Crippen molar-refractivity contribution in [3.63, 3.8) is 0 Å². The van der Waals surface area contributed by atoms with Gasteiger partial charge >= 0.3 is 0 Å². The van der Waals surface area contributed by atoms with Crippen LogP contribution in [0.2, 0.25) is 0 Å². The van der Waals surface area contributed by atoms with Gasteiger partial charge in [-0.2, -0.15) is 0 Å². The minimum atomic E-state index is 0.144. The van der Waals surface area contributed by atoms with Crippen LogP contribution in [0.3, 0.4) is 0 Å². The Morgan fingerprint density at radius 2 is 2.44 bits per heavy atom. The number of hydrogen-bond donors (Lipinski definition) is 2. The maximum absolute atomic E-state index is 11.8. The Labute approximate surface area is 97.9 Å². The third-order valence-electron chi connectivity index (χ3n) is 2.92. The molecule has 4 heteroatoms. The SMILES string of the molecule is CC=CCN1CCCC(C(=O)NCCN)C1. The van der Waals surface area contributed by atoms with Gasteiger partial charge in [0.2, 0.25) is 5.91 Å². The van der Waals surface area contributed by atoms with Crippen LogP contribution in [0.1, 0.15) is 19.8 Å². The molecular formula is C12H23N3O. The Bertz CT molecular complexity index is 240. The summed E-state index contributed by atoms with van der Waals surface area (Å²) in [5.41, 5.74) is 5.37. The molecule has 1 unspecified atom stereocenters. The van der Waals surface area contributed by atoms with Crippen LogP contribution in [0.25, 0.3) is 0 Å². The molecule has 3 N–H and O–H groups in total. The summed E-state index contributed by atoms with van der Waals surface area (Å²) in [5, 5.41) is 2.87. The summed E-state index contributed by atoms with van der Waals surface area (Å²) >= 11 is 0. The number of nitrogens with one attached hydrogen (secondary N) is 1. The van der Waals surface area contributed by atoms with Gasteiger partial charge < -0.3 is 11.1 Å². The molecule has 0 aromatic heterocycles. The van der Waals surface area contributed by atoms with Gasteiger partial charge in [0, 0.05) is 26.2 Å². The first-order chi connectivity index (χ1) is 7.77. The molecule has 4 nitrogen and oxygen atoms in total. The van der Waals surface area contributed by atoms with Crippen molar-refractivity contribution in [3.8, 4) is 0 Å². The summed E-state index contributed by atoms with van der Waals surface area (Å²) in [5.74, 6) is 0.307. The van der Waals surface area contributed by atoms with E-state index in [1.54, 1.807) is 0 Å². The van der Waals surface area contributed by atoms with Gasteiger partial charge in [-0.25, -0.2) is 0 Å². The van der Waals surface area contributed by atoms with Gasteiger partial charge in [0.1, 0.15) is 0 Å². The maximum atomic E-state index is 11.8. The zero-order valence-electron chi connectivity index (χ0n) is 10.1. The fourth-order valence-corrected chi connectivity index (χ4v) is 2.03. The molecule has 0 spiro atoms. The van der Waals surface area contributed by atoms with Gasteiger partial charge in [0.05, 0.1) is 5.92 Å². The summed E-state index contributed by atoms with van der Waals surface area (Å²) < 4.78 is 0. The van der Waals surface area contributed by atoms with E-state index in [1.807, 2.05) is 6.92 Å². The second-order valence-electron chi connectivity index (χ2n) is 4.25. The molecule has 1 rings (SSSR count). The number of carbonyl (C=O) groups is 1. The van der Waals surface area contributed by atoms with Crippen LogP contribution in [0.5, 0.6) is 0 Å². The number of piperidine rings is 1. The minimum absolute atomic E-state index is 0.144. The molecule has 16 heavy (non-hydrogen) atoms. The maximum Gasteiger partial charge on any atom is 0.224 e. The molecule has 1 atom stereocenters. The Kier molecular flexibility index (Phi) is 6.11. The number of carbonyl (C=O) groups excluding carboxylic acids is 1. The van der Waals surface area contributed by atoms with Crippen molar-refractivity contribution in [1.82, 2.24) is 10.2 Å². The number of rotatable bonds is 5. The topological polar surface area (TPSA) is 58.4 Å². The van der Waals surface area contributed by atoms with E-state index in [1.165, 1.54) is 0 Å². The summed E-state index contributed by atoms with van der Waals surface area (Å²) in [7, 11) is 0. The predicted molar refractivity (Wildman–Crippen MR) is 66.0 cm³/mol. The van der Waals surface area contributed by atoms with E-state index < -0.39 is 0 Å². The molecule has 1 fully saturated rings. The molecule has 0 radical (unpaired) electrons. The zero-order chi connectivity index (χ0) is 11.8. The highest BCUT2D eigenvalue weighted by atomic mass is 16.1. The largest absolute Gasteiger partial charge is 0.355 e. The van der Waals surface area contributed by atoms with E-state index in [2.05, 4.69) is 22.4 Å². The Hall–Kier alpha value is -0.870. The average Bonchev–Trinajstić information content (AvgIpc) is 2.33. The van der Waals surface area contributed by atoms with E-state index in [9.17, 15) is 4.79 Å². The number of allylic oxidation sites excluding steroid dienone is 1. The van der Waals surface area contributed by atoms with Crippen LogP contribution < -0.4 is 11.1 Å². The van der Waals surface area contributed by atoms with Gasteiger partial charge in [-0.15, -0.1) is 0 Å². The highest BCUT2D eigenvalue weighted by Crippen LogP contribution is 2.16. The first-order valence-corrected chi connectivity index (χ1v) is 6.09. The molecule has 92 valence electrons. The predicted octanol–water partition coefficient (Wildman–Crippen LogP) is 0.349. The molecule has 1 amide bonds. The van der Waals surface area contributed by atoms with Crippen LogP contribution in [0.15, 0.2) is 12.2 Å². The van der Waals surface area contributed by atoms with Crippen molar-refractivity contribution in [2.45, 2.75) is 19.8 Å². The first kappa shape index (κ1) is 13.2. The molecule has 1 aliphatic heterocycles. The van der Waals surface area contributed by atoms with E-state index in [0.717, 1.165) is 32.5 Å². The number of nitrogens with zero attached hydrogens (tertiary/aromatic N) is 1. The third-order valence-corrected chi connectivity index (χ3v) is 2.92. The molecule has 1 aliphatic rings.